The van der Waals surface area contributed by atoms with Crippen LogP contribution in [0.1, 0.15) is 40.2 Å². The summed E-state index contributed by atoms with van der Waals surface area (Å²) in [6.45, 7) is 9.50. The lowest BCUT2D eigenvalue weighted by molar-refractivity contribution is -0.138. The van der Waals surface area contributed by atoms with Crippen molar-refractivity contribution in [2.75, 3.05) is 25.2 Å². The Morgan fingerprint density at radius 1 is 1.03 bits per heavy atom. The highest BCUT2D eigenvalue weighted by Crippen LogP contribution is 2.66. The number of nitrogens with zero attached hydrogens (tertiary/aromatic N) is 1. The molecule has 0 aromatic heterocycles. The van der Waals surface area contributed by atoms with Crippen molar-refractivity contribution in [3.8, 4) is 5.75 Å². The van der Waals surface area contributed by atoms with E-state index in [9.17, 15) is 14.4 Å². The number of carbonyl (C=O) groups is 3. The van der Waals surface area contributed by atoms with E-state index in [1.165, 1.54) is 42.2 Å². The van der Waals surface area contributed by atoms with Crippen LogP contribution in [0.4, 0.5) is 5.69 Å². The zero-order chi connectivity index (χ0) is 25.5. The summed E-state index contributed by atoms with van der Waals surface area (Å²) in [6.07, 6.45) is 1.87. The van der Waals surface area contributed by atoms with E-state index in [0.717, 1.165) is 21.7 Å². The molecule has 0 bridgehead atoms. The second-order valence-electron chi connectivity index (χ2n) is 8.42. The van der Waals surface area contributed by atoms with E-state index in [1.54, 1.807) is 31.3 Å². The third-order valence-corrected chi connectivity index (χ3v) is 10.1. The lowest BCUT2D eigenvalue weighted by Crippen LogP contribution is -2.52. The highest BCUT2D eigenvalue weighted by atomic mass is 32.2. The molecule has 0 saturated heterocycles. The number of benzene rings is 1. The molecule has 1 aromatic rings. The van der Waals surface area contributed by atoms with Crippen LogP contribution in [0.25, 0.3) is 5.57 Å². The van der Waals surface area contributed by atoms with Crippen molar-refractivity contribution >= 4 is 64.4 Å². The Morgan fingerprint density at radius 2 is 1.69 bits per heavy atom. The Kier molecular flexibility index (Phi) is 7.09. The van der Waals surface area contributed by atoms with Gasteiger partial charge in [-0.05, 0) is 57.4 Å². The first-order valence-corrected chi connectivity index (χ1v) is 13.7. The van der Waals surface area contributed by atoms with Crippen LogP contribution in [0.3, 0.4) is 0 Å². The van der Waals surface area contributed by atoms with Gasteiger partial charge in [-0.25, -0.2) is 9.59 Å². The van der Waals surface area contributed by atoms with Crippen molar-refractivity contribution in [2.24, 2.45) is 0 Å². The molecule has 1 amide bonds. The van der Waals surface area contributed by atoms with E-state index in [1.807, 2.05) is 38.1 Å². The Labute approximate surface area is 217 Å². The molecule has 0 unspecified atom stereocenters. The first-order valence-electron chi connectivity index (χ1n) is 11.2. The number of fused-ring (bicyclic) bond motifs is 3. The lowest BCUT2D eigenvalue weighted by atomic mass is 9.85. The molecule has 7 nitrogen and oxygen atoms in total. The Morgan fingerprint density at radius 3 is 2.29 bits per heavy atom. The smallest absolute Gasteiger partial charge is 0.345 e. The predicted molar refractivity (Wildman–Crippen MR) is 142 cm³/mol. The van der Waals surface area contributed by atoms with Gasteiger partial charge in [0.05, 0.1) is 36.5 Å². The summed E-state index contributed by atoms with van der Waals surface area (Å²) in [6, 6.07) is 5.62. The SMILES string of the molecule is CCOC(=O)C1=C[C@]2(SC=C(C(=O)OCC)S2)C2=C(S1)C(C)(C)N(C(C)=O)c1ccc(OC)cc12. The largest absolute Gasteiger partial charge is 0.497 e. The standard InChI is InChI=1S/C25H27NO6S3/c1-7-31-22(28)18-12-25(33-13-19(35-25)23(29)32-8-2)20-16-11-15(30-6)9-10-17(16)26(14(3)27)24(4,5)21(20)34-18/h9-13H,7-8H2,1-6H3/t25-/m1/s1. The number of carbonyl (C=O) groups excluding carboxylic acids is 3. The Bertz CT molecular complexity index is 1200. The fourth-order valence-electron chi connectivity index (χ4n) is 4.46. The molecule has 0 N–H and O–H groups in total. The van der Waals surface area contributed by atoms with Crippen molar-refractivity contribution in [1.29, 1.82) is 0 Å². The molecule has 186 valence electrons. The van der Waals surface area contributed by atoms with Crippen LogP contribution in [0.5, 0.6) is 5.75 Å². The van der Waals surface area contributed by atoms with Gasteiger partial charge >= 0.3 is 11.9 Å². The van der Waals surface area contributed by atoms with Crippen LogP contribution in [0.2, 0.25) is 0 Å². The Hall–Kier alpha value is -2.30. The van der Waals surface area contributed by atoms with Gasteiger partial charge in [0, 0.05) is 23.0 Å². The van der Waals surface area contributed by atoms with E-state index in [0.29, 0.717) is 15.6 Å². The molecule has 4 rings (SSSR count). The minimum absolute atomic E-state index is 0.119. The maximum absolute atomic E-state index is 12.9. The molecule has 3 aliphatic heterocycles. The molecule has 0 saturated carbocycles. The molecule has 0 fully saturated rings. The molecule has 35 heavy (non-hydrogen) atoms. The highest BCUT2D eigenvalue weighted by Gasteiger charge is 2.53. The predicted octanol–water partition coefficient (Wildman–Crippen LogP) is 5.33. The quantitative estimate of drug-likeness (QED) is 0.467. The van der Waals surface area contributed by atoms with Crippen LogP contribution < -0.4 is 9.64 Å². The molecule has 0 radical (unpaired) electrons. The minimum atomic E-state index is -0.827. The number of hydrogen-bond acceptors (Lipinski definition) is 9. The number of hydrogen-bond donors (Lipinski definition) is 0. The first-order chi connectivity index (χ1) is 16.6. The second kappa shape index (κ2) is 9.63. The van der Waals surface area contributed by atoms with Gasteiger partial charge in [0.1, 0.15) is 14.7 Å². The maximum atomic E-state index is 12.9. The van der Waals surface area contributed by atoms with Gasteiger partial charge in [-0.2, -0.15) is 0 Å². The summed E-state index contributed by atoms with van der Waals surface area (Å²) in [7, 11) is 1.59. The van der Waals surface area contributed by atoms with Crippen molar-refractivity contribution < 1.29 is 28.6 Å². The maximum Gasteiger partial charge on any atom is 0.345 e. The fourth-order valence-corrected chi connectivity index (χ4v) is 8.85. The van der Waals surface area contributed by atoms with E-state index in [-0.39, 0.29) is 19.1 Å². The van der Waals surface area contributed by atoms with Gasteiger partial charge in [-0.15, -0.1) is 11.8 Å². The number of anilines is 1. The van der Waals surface area contributed by atoms with Crippen molar-refractivity contribution in [3.05, 3.63) is 50.0 Å². The summed E-state index contributed by atoms with van der Waals surface area (Å²) >= 11 is 4.10. The molecular weight excluding hydrogens is 506 g/mol. The normalized spacial score (nSPS) is 22.2. The molecule has 1 aromatic carbocycles. The highest BCUT2D eigenvalue weighted by molar-refractivity contribution is 8.25. The van der Waals surface area contributed by atoms with E-state index in [2.05, 4.69) is 0 Å². The first kappa shape index (κ1) is 25.8. The number of ether oxygens (including phenoxy) is 3. The van der Waals surface area contributed by atoms with Crippen molar-refractivity contribution in [1.82, 2.24) is 0 Å². The number of rotatable bonds is 5. The molecule has 1 atom stereocenters. The number of esters is 2. The number of methoxy groups -OCH3 is 1. The lowest BCUT2D eigenvalue weighted by Gasteiger charge is -2.49. The van der Waals surface area contributed by atoms with Crippen LogP contribution in [0.15, 0.2) is 44.4 Å². The van der Waals surface area contributed by atoms with Gasteiger partial charge in [0.25, 0.3) is 0 Å². The molecule has 3 heterocycles. The third kappa shape index (κ3) is 4.29. The molecule has 10 heteroatoms. The van der Waals surface area contributed by atoms with Gasteiger partial charge in [-0.1, -0.05) is 23.5 Å². The summed E-state index contributed by atoms with van der Waals surface area (Å²) in [5.41, 5.74) is 1.73. The van der Waals surface area contributed by atoms with E-state index < -0.39 is 21.6 Å². The fraction of sp³-hybridized carbons (Fsp3) is 0.400. The van der Waals surface area contributed by atoms with Gasteiger partial charge in [0.2, 0.25) is 5.91 Å². The monoisotopic (exact) mass is 533 g/mol. The van der Waals surface area contributed by atoms with Crippen LogP contribution in [0, 0.1) is 0 Å². The van der Waals surface area contributed by atoms with Gasteiger partial charge in [-0.3, -0.25) is 4.79 Å². The zero-order valence-corrected chi connectivity index (χ0v) is 22.9. The van der Waals surface area contributed by atoms with Crippen molar-refractivity contribution in [2.45, 2.75) is 44.2 Å². The summed E-state index contributed by atoms with van der Waals surface area (Å²) in [5, 5.41) is 1.78. The summed E-state index contributed by atoms with van der Waals surface area (Å²) < 4.78 is 15.3. The molecular formula is C25H27NO6S3. The second-order valence-corrected chi connectivity index (χ2v) is 12.1. The van der Waals surface area contributed by atoms with Gasteiger partial charge in [0.15, 0.2) is 0 Å². The van der Waals surface area contributed by atoms with Crippen LogP contribution >= 0.6 is 35.3 Å². The van der Waals surface area contributed by atoms with Gasteiger partial charge < -0.3 is 19.1 Å². The number of thioether (sulfide) groups is 3. The topological polar surface area (TPSA) is 82.1 Å². The Balaban J connectivity index is 1.97. The van der Waals surface area contributed by atoms with Crippen molar-refractivity contribution in [3.63, 3.8) is 0 Å². The van der Waals surface area contributed by atoms with E-state index in [4.69, 9.17) is 14.2 Å². The molecule has 3 aliphatic rings. The van der Waals surface area contributed by atoms with E-state index >= 15 is 0 Å². The van der Waals surface area contributed by atoms with Crippen LogP contribution in [-0.2, 0) is 23.9 Å². The zero-order valence-electron chi connectivity index (χ0n) is 20.4. The average molecular weight is 534 g/mol. The number of amides is 1. The average Bonchev–Trinajstić information content (AvgIpc) is 3.22. The summed E-state index contributed by atoms with van der Waals surface area (Å²) in [4.78, 5) is 42.0. The minimum Gasteiger partial charge on any atom is -0.497 e. The molecule has 0 aliphatic carbocycles. The summed E-state index contributed by atoms with van der Waals surface area (Å²) in [5.74, 6) is -0.312. The van der Waals surface area contributed by atoms with Crippen LogP contribution in [-0.4, -0.2) is 47.8 Å². The third-order valence-electron chi connectivity index (χ3n) is 5.81. The molecule has 1 spiro atoms.